The van der Waals surface area contributed by atoms with Crippen LogP contribution in [0.3, 0.4) is 0 Å². The van der Waals surface area contributed by atoms with Gasteiger partial charge in [-0.05, 0) is 53.5 Å². The Labute approximate surface area is 131 Å². The fraction of sp³-hybridized carbons (Fsp3) is 0.429. The molecule has 0 bridgehead atoms. The van der Waals surface area contributed by atoms with Crippen molar-refractivity contribution < 1.29 is 4.79 Å². The van der Waals surface area contributed by atoms with Gasteiger partial charge in [-0.3, -0.25) is 9.69 Å². The average Bonchev–Trinajstić information content (AvgIpc) is 2.48. The van der Waals surface area contributed by atoms with Crippen molar-refractivity contribution in [3.8, 4) is 6.07 Å². The van der Waals surface area contributed by atoms with E-state index in [1.54, 1.807) is 18.2 Å². The summed E-state index contributed by atoms with van der Waals surface area (Å²) in [6.07, 6.45) is 2.94. The molecule has 0 radical (unpaired) electrons. The number of nitrogens with zero attached hydrogens (tertiary/aromatic N) is 2. The largest absolute Gasteiger partial charge is 0.306 e. The van der Waals surface area contributed by atoms with Crippen LogP contribution in [0.5, 0.6) is 0 Å². The predicted octanol–water partition coefficient (Wildman–Crippen LogP) is 3.10. The Morgan fingerprint density at radius 3 is 2.95 bits per heavy atom. The van der Waals surface area contributed by atoms with Gasteiger partial charge < -0.3 is 5.32 Å². The molecule has 1 heterocycles. The monoisotopic (exact) mass is 355 g/mol. The van der Waals surface area contributed by atoms with Crippen LogP contribution in [-0.2, 0) is 4.79 Å². The molecule has 1 aromatic carbocycles. The van der Waals surface area contributed by atoms with Crippen LogP contribution in [0.25, 0.3) is 0 Å². The second-order valence-electron chi connectivity index (χ2n) is 4.68. The molecular formula is C14H15BrClN3O. The fourth-order valence-corrected chi connectivity index (χ4v) is 2.76. The third-order valence-corrected chi connectivity index (χ3v) is 4.53. The maximum Gasteiger partial charge on any atom is 0.245 e. The quantitative estimate of drug-likeness (QED) is 0.847. The number of hydrogen-bond acceptors (Lipinski definition) is 3. The standard InChI is InChI=1S/C14H15BrClN3O/c15-11-9-10(4-5-12(11)16)19(8-6-17)14(20)13-3-1-2-7-18-13/h4-5,9,13,18H,1-3,7-8H2. The van der Waals surface area contributed by atoms with Gasteiger partial charge in [0.2, 0.25) is 5.91 Å². The van der Waals surface area contributed by atoms with Crippen molar-refractivity contribution in [2.75, 3.05) is 18.0 Å². The van der Waals surface area contributed by atoms with Crippen LogP contribution in [-0.4, -0.2) is 25.0 Å². The second-order valence-corrected chi connectivity index (χ2v) is 5.94. The van der Waals surface area contributed by atoms with E-state index in [1.165, 1.54) is 4.90 Å². The third-order valence-electron chi connectivity index (χ3n) is 3.32. The van der Waals surface area contributed by atoms with E-state index >= 15 is 0 Å². The van der Waals surface area contributed by atoms with Gasteiger partial charge in [-0.2, -0.15) is 5.26 Å². The van der Waals surface area contributed by atoms with E-state index in [0.717, 1.165) is 25.8 Å². The number of amides is 1. The van der Waals surface area contributed by atoms with Gasteiger partial charge in [0.1, 0.15) is 6.54 Å². The fourth-order valence-electron chi connectivity index (χ4n) is 2.27. The number of carbonyl (C=O) groups is 1. The Morgan fingerprint density at radius 2 is 2.35 bits per heavy atom. The van der Waals surface area contributed by atoms with E-state index in [1.807, 2.05) is 6.07 Å². The molecule has 1 aromatic rings. The van der Waals surface area contributed by atoms with Crippen molar-refractivity contribution in [2.45, 2.75) is 25.3 Å². The van der Waals surface area contributed by atoms with Crippen LogP contribution in [0.2, 0.25) is 5.02 Å². The summed E-state index contributed by atoms with van der Waals surface area (Å²) < 4.78 is 0.712. The first-order chi connectivity index (χ1) is 9.63. The topological polar surface area (TPSA) is 56.1 Å². The first kappa shape index (κ1) is 15.3. The maximum absolute atomic E-state index is 12.5. The number of halogens is 2. The summed E-state index contributed by atoms with van der Waals surface area (Å²) in [4.78, 5) is 14.1. The molecular weight excluding hydrogens is 342 g/mol. The summed E-state index contributed by atoms with van der Waals surface area (Å²) in [5, 5.41) is 12.8. The number of benzene rings is 1. The van der Waals surface area contributed by atoms with Gasteiger partial charge in [0.05, 0.1) is 17.1 Å². The van der Waals surface area contributed by atoms with Crippen molar-refractivity contribution >= 4 is 39.1 Å². The highest BCUT2D eigenvalue weighted by molar-refractivity contribution is 9.10. The Balaban J connectivity index is 2.23. The minimum Gasteiger partial charge on any atom is -0.306 e. The first-order valence-corrected chi connectivity index (χ1v) is 7.67. The Hall–Kier alpha value is -1.09. The number of rotatable bonds is 3. The summed E-state index contributed by atoms with van der Waals surface area (Å²) in [6.45, 7) is 0.881. The molecule has 1 amide bonds. The molecule has 1 saturated heterocycles. The molecule has 0 spiro atoms. The third kappa shape index (κ3) is 3.51. The van der Waals surface area contributed by atoms with E-state index in [9.17, 15) is 4.79 Å². The van der Waals surface area contributed by atoms with Crippen molar-refractivity contribution in [2.24, 2.45) is 0 Å². The van der Waals surface area contributed by atoms with E-state index in [-0.39, 0.29) is 18.5 Å². The molecule has 20 heavy (non-hydrogen) atoms. The summed E-state index contributed by atoms with van der Waals surface area (Å²) in [5.41, 5.74) is 0.681. The van der Waals surface area contributed by atoms with E-state index in [2.05, 4.69) is 21.2 Å². The number of piperidine rings is 1. The number of nitrogens with one attached hydrogen (secondary N) is 1. The van der Waals surface area contributed by atoms with Crippen molar-refractivity contribution in [3.63, 3.8) is 0 Å². The first-order valence-electron chi connectivity index (χ1n) is 6.50. The Morgan fingerprint density at radius 1 is 1.55 bits per heavy atom. The van der Waals surface area contributed by atoms with Gasteiger partial charge in [0.25, 0.3) is 0 Å². The van der Waals surface area contributed by atoms with Crippen LogP contribution < -0.4 is 10.2 Å². The molecule has 0 aromatic heterocycles. The van der Waals surface area contributed by atoms with Gasteiger partial charge in [0.15, 0.2) is 0 Å². The zero-order valence-corrected chi connectivity index (χ0v) is 13.2. The highest BCUT2D eigenvalue weighted by atomic mass is 79.9. The molecule has 106 valence electrons. The van der Waals surface area contributed by atoms with Gasteiger partial charge in [-0.1, -0.05) is 18.0 Å². The lowest BCUT2D eigenvalue weighted by Crippen LogP contribution is -2.49. The highest BCUT2D eigenvalue weighted by Gasteiger charge is 2.26. The zero-order chi connectivity index (χ0) is 14.5. The molecule has 4 nitrogen and oxygen atoms in total. The number of hydrogen-bond donors (Lipinski definition) is 1. The molecule has 1 aliphatic heterocycles. The minimum absolute atomic E-state index is 0.0328. The van der Waals surface area contributed by atoms with Gasteiger partial charge in [0, 0.05) is 10.2 Å². The highest BCUT2D eigenvalue weighted by Crippen LogP contribution is 2.28. The van der Waals surface area contributed by atoms with Gasteiger partial charge >= 0.3 is 0 Å². The smallest absolute Gasteiger partial charge is 0.245 e. The SMILES string of the molecule is N#CCN(C(=O)C1CCCCN1)c1ccc(Cl)c(Br)c1. The van der Waals surface area contributed by atoms with E-state index in [0.29, 0.717) is 15.2 Å². The molecule has 6 heteroatoms. The number of nitriles is 1. The zero-order valence-electron chi connectivity index (χ0n) is 10.9. The van der Waals surface area contributed by atoms with E-state index in [4.69, 9.17) is 16.9 Å². The molecule has 1 unspecified atom stereocenters. The number of carbonyl (C=O) groups excluding carboxylic acids is 1. The van der Waals surface area contributed by atoms with Crippen molar-refractivity contribution in [1.82, 2.24) is 5.32 Å². The van der Waals surface area contributed by atoms with Crippen LogP contribution in [0.15, 0.2) is 22.7 Å². The normalized spacial score (nSPS) is 18.4. The van der Waals surface area contributed by atoms with Crippen LogP contribution in [0, 0.1) is 11.3 Å². The molecule has 0 saturated carbocycles. The number of anilines is 1. The summed E-state index contributed by atoms with van der Waals surface area (Å²) >= 11 is 9.31. The lowest BCUT2D eigenvalue weighted by molar-refractivity contribution is -0.121. The van der Waals surface area contributed by atoms with Crippen LogP contribution in [0.1, 0.15) is 19.3 Å². The molecule has 1 N–H and O–H groups in total. The van der Waals surface area contributed by atoms with Crippen LogP contribution >= 0.6 is 27.5 Å². The maximum atomic E-state index is 12.5. The summed E-state index contributed by atoms with van der Waals surface area (Å²) in [5.74, 6) is -0.0551. The Bertz CT molecular complexity index is 538. The molecule has 0 aliphatic carbocycles. The molecule has 2 rings (SSSR count). The van der Waals surface area contributed by atoms with Crippen molar-refractivity contribution in [1.29, 1.82) is 5.26 Å². The lowest BCUT2D eigenvalue weighted by atomic mass is 10.0. The summed E-state index contributed by atoms with van der Waals surface area (Å²) in [6, 6.07) is 7.08. The predicted molar refractivity (Wildman–Crippen MR) is 82.8 cm³/mol. The van der Waals surface area contributed by atoms with Gasteiger partial charge in [-0.15, -0.1) is 0 Å². The van der Waals surface area contributed by atoms with Gasteiger partial charge in [-0.25, -0.2) is 0 Å². The van der Waals surface area contributed by atoms with E-state index < -0.39 is 0 Å². The molecule has 1 atom stereocenters. The van der Waals surface area contributed by atoms with Crippen LogP contribution in [0.4, 0.5) is 5.69 Å². The second kappa shape index (κ2) is 7.07. The minimum atomic E-state index is -0.202. The van der Waals surface area contributed by atoms with Crippen molar-refractivity contribution in [3.05, 3.63) is 27.7 Å². The summed E-state index contributed by atoms with van der Waals surface area (Å²) in [7, 11) is 0. The molecule has 1 fully saturated rings. The lowest BCUT2D eigenvalue weighted by Gasteiger charge is -2.28. The molecule has 1 aliphatic rings. The Kier molecular flexibility index (Phi) is 5.41. The average molecular weight is 357 g/mol.